The van der Waals surface area contributed by atoms with Crippen LogP contribution in [0.5, 0.6) is 0 Å². The fourth-order valence-electron chi connectivity index (χ4n) is 2.17. The van der Waals surface area contributed by atoms with Gasteiger partial charge in [-0.1, -0.05) is 59.3 Å². The number of aliphatic hydroxyl groups is 1. The van der Waals surface area contributed by atoms with Gasteiger partial charge < -0.3 is 9.90 Å². The van der Waals surface area contributed by atoms with Crippen LogP contribution in [-0.2, 0) is 4.79 Å². The number of carbonyl (C=O) groups is 1. The lowest BCUT2D eigenvalue weighted by atomic mass is 9.91. The maximum atomic E-state index is 10.9. The Morgan fingerprint density at radius 1 is 1.06 bits per heavy atom. The summed E-state index contributed by atoms with van der Waals surface area (Å²) in [7, 11) is 0. The topological polar surface area (TPSA) is 37.3 Å². The predicted octanol–water partition coefficient (Wildman–Crippen LogP) is 3.96. The third-order valence-electron chi connectivity index (χ3n) is 3.27. The van der Waals surface area contributed by atoms with Crippen molar-refractivity contribution in [2.45, 2.75) is 78.2 Å². The molecule has 0 aliphatic carbocycles. The van der Waals surface area contributed by atoms with Crippen molar-refractivity contribution in [3.05, 3.63) is 0 Å². The first kappa shape index (κ1) is 16.6. The number of aldehydes is 1. The second-order valence-electron chi connectivity index (χ2n) is 5.55. The molecule has 0 bridgehead atoms. The molecule has 0 saturated heterocycles. The minimum Gasteiger partial charge on any atom is -0.392 e. The van der Waals surface area contributed by atoms with Gasteiger partial charge in [0.25, 0.3) is 0 Å². The van der Waals surface area contributed by atoms with Gasteiger partial charge in [0.2, 0.25) is 0 Å². The van der Waals surface area contributed by atoms with E-state index in [1.165, 1.54) is 32.1 Å². The molecule has 2 atom stereocenters. The van der Waals surface area contributed by atoms with E-state index in [-0.39, 0.29) is 5.92 Å². The van der Waals surface area contributed by atoms with E-state index in [9.17, 15) is 9.90 Å². The van der Waals surface area contributed by atoms with E-state index in [0.717, 1.165) is 25.5 Å². The van der Waals surface area contributed by atoms with Crippen LogP contribution in [0.3, 0.4) is 0 Å². The van der Waals surface area contributed by atoms with Gasteiger partial charge in [-0.25, -0.2) is 0 Å². The van der Waals surface area contributed by atoms with Crippen molar-refractivity contribution in [1.82, 2.24) is 0 Å². The number of hydrogen-bond acceptors (Lipinski definition) is 2. The van der Waals surface area contributed by atoms with Crippen molar-refractivity contribution in [2.75, 3.05) is 0 Å². The molecule has 0 heterocycles. The maximum Gasteiger partial charge on any atom is 0.125 e. The van der Waals surface area contributed by atoms with Crippen LogP contribution in [0.2, 0.25) is 0 Å². The van der Waals surface area contributed by atoms with Gasteiger partial charge in [-0.05, 0) is 18.8 Å². The first-order valence-corrected chi connectivity index (χ1v) is 7.25. The first-order chi connectivity index (χ1) is 8.11. The van der Waals surface area contributed by atoms with Crippen molar-refractivity contribution < 1.29 is 9.90 Å². The van der Waals surface area contributed by atoms with E-state index < -0.39 is 6.10 Å². The molecule has 2 heteroatoms. The summed E-state index contributed by atoms with van der Waals surface area (Å²) in [4.78, 5) is 10.9. The highest BCUT2D eigenvalue weighted by Gasteiger charge is 2.18. The molecule has 0 aromatic carbocycles. The lowest BCUT2D eigenvalue weighted by Crippen LogP contribution is -2.23. The quantitative estimate of drug-likeness (QED) is 0.440. The number of carbonyl (C=O) groups excluding carboxylic acids is 1. The van der Waals surface area contributed by atoms with Crippen LogP contribution in [0.4, 0.5) is 0 Å². The van der Waals surface area contributed by atoms with Gasteiger partial charge >= 0.3 is 0 Å². The number of aliphatic hydroxyl groups excluding tert-OH is 1. The minimum absolute atomic E-state index is 0.149. The Hall–Kier alpha value is -0.370. The maximum absolute atomic E-state index is 10.9. The van der Waals surface area contributed by atoms with E-state index in [1.807, 2.05) is 0 Å². The highest BCUT2D eigenvalue weighted by atomic mass is 16.3. The summed E-state index contributed by atoms with van der Waals surface area (Å²) in [6.07, 6.45) is 9.50. The molecule has 0 aromatic rings. The molecule has 0 rings (SSSR count). The molecular formula is C15H30O2. The number of hydrogen-bond donors (Lipinski definition) is 1. The number of rotatable bonds is 11. The lowest BCUT2D eigenvalue weighted by molar-refractivity contribution is -0.114. The fourth-order valence-corrected chi connectivity index (χ4v) is 2.17. The Kier molecular flexibility index (Phi) is 10.5. The zero-order valence-electron chi connectivity index (χ0n) is 11.8. The smallest absolute Gasteiger partial charge is 0.125 e. The SMILES string of the molecule is CCCCCCCC[C@H](C=O)[C@H](O)CC(C)C. The van der Waals surface area contributed by atoms with Gasteiger partial charge in [0, 0.05) is 5.92 Å². The van der Waals surface area contributed by atoms with Crippen LogP contribution < -0.4 is 0 Å². The van der Waals surface area contributed by atoms with Crippen LogP contribution >= 0.6 is 0 Å². The molecule has 1 N–H and O–H groups in total. The molecule has 0 aliphatic heterocycles. The Bertz CT molecular complexity index is 178. The van der Waals surface area contributed by atoms with Crippen LogP contribution in [0, 0.1) is 11.8 Å². The Labute approximate surface area is 107 Å². The van der Waals surface area contributed by atoms with Crippen molar-refractivity contribution in [3.8, 4) is 0 Å². The Balaban J connectivity index is 3.63. The highest BCUT2D eigenvalue weighted by molar-refractivity contribution is 5.54. The van der Waals surface area contributed by atoms with E-state index in [1.54, 1.807) is 0 Å². The zero-order valence-corrected chi connectivity index (χ0v) is 11.8. The Morgan fingerprint density at radius 3 is 2.18 bits per heavy atom. The summed E-state index contributed by atoms with van der Waals surface area (Å²) in [5, 5.41) is 9.89. The van der Waals surface area contributed by atoms with Crippen molar-refractivity contribution in [2.24, 2.45) is 11.8 Å². The molecule has 0 spiro atoms. The van der Waals surface area contributed by atoms with Crippen LogP contribution in [0.1, 0.15) is 72.1 Å². The van der Waals surface area contributed by atoms with Crippen LogP contribution in [-0.4, -0.2) is 17.5 Å². The molecule has 102 valence electrons. The normalized spacial score (nSPS) is 14.9. The molecular weight excluding hydrogens is 212 g/mol. The van der Waals surface area contributed by atoms with Crippen LogP contribution in [0.15, 0.2) is 0 Å². The summed E-state index contributed by atoms with van der Waals surface area (Å²) < 4.78 is 0. The van der Waals surface area contributed by atoms with Crippen molar-refractivity contribution >= 4 is 6.29 Å². The van der Waals surface area contributed by atoms with E-state index in [2.05, 4.69) is 20.8 Å². The van der Waals surface area contributed by atoms with Gasteiger partial charge in [-0.3, -0.25) is 0 Å². The van der Waals surface area contributed by atoms with E-state index >= 15 is 0 Å². The molecule has 0 aromatic heterocycles. The first-order valence-electron chi connectivity index (χ1n) is 7.25. The average molecular weight is 242 g/mol. The highest BCUT2D eigenvalue weighted by Crippen LogP contribution is 2.18. The molecule has 0 saturated carbocycles. The summed E-state index contributed by atoms with van der Waals surface area (Å²) >= 11 is 0. The summed E-state index contributed by atoms with van der Waals surface area (Å²) in [5.74, 6) is 0.306. The van der Waals surface area contributed by atoms with Gasteiger partial charge in [-0.2, -0.15) is 0 Å². The van der Waals surface area contributed by atoms with Gasteiger partial charge in [0.1, 0.15) is 6.29 Å². The minimum atomic E-state index is -0.442. The second kappa shape index (κ2) is 10.8. The van der Waals surface area contributed by atoms with Gasteiger partial charge in [0.05, 0.1) is 6.10 Å². The molecule has 0 aliphatic rings. The summed E-state index contributed by atoms with van der Waals surface area (Å²) in [6.45, 7) is 6.37. The summed E-state index contributed by atoms with van der Waals surface area (Å²) in [6, 6.07) is 0. The largest absolute Gasteiger partial charge is 0.392 e. The average Bonchev–Trinajstić information content (AvgIpc) is 2.27. The third-order valence-corrected chi connectivity index (χ3v) is 3.27. The molecule has 0 amide bonds. The van der Waals surface area contributed by atoms with Crippen LogP contribution in [0.25, 0.3) is 0 Å². The van der Waals surface area contributed by atoms with Gasteiger partial charge in [0.15, 0.2) is 0 Å². The zero-order chi connectivity index (χ0) is 13.1. The predicted molar refractivity (Wildman–Crippen MR) is 73.0 cm³/mol. The Morgan fingerprint density at radius 2 is 1.65 bits per heavy atom. The summed E-state index contributed by atoms with van der Waals surface area (Å²) in [5.41, 5.74) is 0. The fraction of sp³-hybridized carbons (Fsp3) is 0.933. The van der Waals surface area contributed by atoms with Crippen molar-refractivity contribution in [1.29, 1.82) is 0 Å². The van der Waals surface area contributed by atoms with E-state index in [4.69, 9.17) is 0 Å². The van der Waals surface area contributed by atoms with Gasteiger partial charge in [-0.15, -0.1) is 0 Å². The third kappa shape index (κ3) is 9.34. The standard InChI is InChI=1S/C15H30O2/c1-4-5-6-7-8-9-10-14(12-16)15(17)11-13(2)3/h12-15,17H,4-11H2,1-3H3/t14-,15-/m1/s1. The molecule has 0 unspecified atom stereocenters. The van der Waals surface area contributed by atoms with Crippen molar-refractivity contribution in [3.63, 3.8) is 0 Å². The second-order valence-corrected chi connectivity index (χ2v) is 5.55. The number of unbranched alkanes of at least 4 members (excludes halogenated alkanes) is 5. The molecule has 17 heavy (non-hydrogen) atoms. The van der Waals surface area contributed by atoms with E-state index in [0.29, 0.717) is 5.92 Å². The monoisotopic (exact) mass is 242 g/mol. The molecule has 2 nitrogen and oxygen atoms in total. The molecule has 0 fully saturated rings. The molecule has 0 radical (unpaired) electrons. The lowest BCUT2D eigenvalue weighted by Gasteiger charge is -2.19.